The van der Waals surface area contributed by atoms with E-state index in [0.717, 1.165) is 25.2 Å². The molecule has 1 saturated heterocycles. The van der Waals surface area contributed by atoms with Gasteiger partial charge in [-0.2, -0.15) is 0 Å². The molecule has 2 rings (SSSR count). The molecule has 0 saturated carbocycles. The van der Waals surface area contributed by atoms with Crippen LogP contribution in [0.1, 0.15) is 56.7 Å². The fourth-order valence-corrected chi connectivity index (χ4v) is 3.80. The van der Waals surface area contributed by atoms with Crippen LogP contribution < -0.4 is 10.6 Å². The summed E-state index contributed by atoms with van der Waals surface area (Å²) >= 11 is 1.72. The Labute approximate surface area is 162 Å². The van der Waals surface area contributed by atoms with Crippen molar-refractivity contribution in [3.63, 3.8) is 0 Å². The Kier molecular flexibility index (Phi) is 11.9. The maximum absolute atomic E-state index is 12.1. The van der Waals surface area contributed by atoms with Gasteiger partial charge in [0.05, 0.1) is 10.7 Å². The Balaban J connectivity index is 0.00000264. The molecule has 1 aliphatic rings. The molecule has 0 radical (unpaired) electrons. The van der Waals surface area contributed by atoms with Crippen LogP contribution in [0.3, 0.4) is 0 Å². The molecule has 24 heavy (non-hydrogen) atoms. The van der Waals surface area contributed by atoms with Gasteiger partial charge in [0.2, 0.25) is 5.91 Å². The minimum atomic E-state index is 0. The van der Waals surface area contributed by atoms with E-state index in [1.807, 2.05) is 0 Å². The van der Waals surface area contributed by atoms with Crippen molar-refractivity contribution >= 4 is 42.1 Å². The van der Waals surface area contributed by atoms with E-state index in [-0.39, 0.29) is 30.7 Å². The number of carbonyl (C=O) groups is 1. The van der Waals surface area contributed by atoms with Gasteiger partial charge in [0.25, 0.3) is 0 Å². The number of hydrogen-bond donors (Lipinski definition) is 2. The quantitative estimate of drug-likeness (QED) is 0.737. The second kappa shape index (κ2) is 12.1. The van der Waals surface area contributed by atoms with Gasteiger partial charge in [-0.15, -0.1) is 36.2 Å². The molecule has 0 aromatic carbocycles. The molecule has 0 spiro atoms. The highest BCUT2D eigenvalue weighted by Gasteiger charge is 2.21. The van der Waals surface area contributed by atoms with Gasteiger partial charge >= 0.3 is 0 Å². The first-order valence-electron chi connectivity index (χ1n) is 8.48. The molecule has 4 nitrogen and oxygen atoms in total. The van der Waals surface area contributed by atoms with E-state index in [2.05, 4.69) is 41.8 Å². The second-order valence-electron chi connectivity index (χ2n) is 6.72. The van der Waals surface area contributed by atoms with Gasteiger partial charge in [-0.05, 0) is 37.8 Å². The molecule has 1 amide bonds. The van der Waals surface area contributed by atoms with Gasteiger partial charge in [-0.3, -0.25) is 4.79 Å². The predicted octanol–water partition coefficient (Wildman–Crippen LogP) is 3.79. The van der Waals surface area contributed by atoms with Crippen molar-refractivity contribution in [2.45, 2.75) is 52.4 Å². The number of piperidine rings is 1. The lowest BCUT2D eigenvalue weighted by Crippen LogP contribution is -2.36. The van der Waals surface area contributed by atoms with Crippen LogP contribution in [0.2, 0.25) is 0 Å². The normalized spacial score (nSPS) is 18.4. The van der Waals surface area contributed by atoms with E-state index in [9.17, 15) is 4.79 Å². The van der Waals surface area contributed by atoms with Gasteiger partial charge in [0.15, 0.2) is 0 Å². The summed E-state index contributed by atoms with van der Waals surface area (Å²) in [6.45, 7) is 9.40. The number of nitrogens with zero attached hydrogens (tertiary/aromatic N) is 1. The van der Waals surface area contributed by atoms with Crippen LogP contribution >= 0.6 is 36.2 Å². The highest BCUT2D eigenvalue weighted by molar-refractivity contribution is 7.09. The zero-order valence-corrected chi connectivity index (χ0v) is 17.3. The first kappa shape index (κ1) is 23.6. The summed E-state index contributed by atoms with van der Waals surface area (Å²) in [6.07, 6.45) is 3.95. The molecule has 1 aliphatic heterocycles. The minimum Gasteiger partial charge on any atom is -0.356 e. The lowest BCUT2D eigenvalue weighted by molar-refractivity contribution is -0.122. The minimum absolute atomic E-state index is 0. The van der Waals surface area contributed by atoms with Crippen molar-refractivity contribution in [3.8, 4) is 0 Å². The Morgan fingerprint density at radius 1 is 1.42 bits per heavy atom. The first-order valence-corrected chi connectivity index (χ1v) is 9.36. The summed E-state index contributed by atoms with van der Waals surface area (Å²) in [6, 6.07) is 0. The summed E-state index contributed by atoms with van der Waals surface area (Å²) in [5.74, 6) is 1.77. The van der Waals surface area contributed by atoms with Crippen LogP contribution in [-0.4, -0.2) is 30.5 Å². The first-order chi connectivity index (χ1) is 10.6. The van der Waals surface area contributed by atoms with Crippen molar-refractivity contribution < 1.29 is 4.79 Å². The molecular weight excluding hydrogens is 365 g/mol. The highest BCUT2D eigenvalue weighted by atomic mass is 35.5. The third kappa shape index (κ3) is 7.68. The Morgan fingerprint density at radius 2 is 2.17 bits per heavy atom. The van der Waals surface area contributed by atoms with Gasteiger partial charge < -0.3 is 10.6 Å². The number of rotatable bonds is 7. The largest absolute Gasteiger partial charge is 0.356 e. The summed E-state index contributed by atoms with van der Waals surface area (Å²) in [4.78, 5) is 16.7. The standard InChI is InChI=1S/C17H29N3OS.2ClH/c1-12(2)17-20-15(11-22-17)6-8-19-16(21)9-13(3)14-5-4-7-18-10-14;;/h11-14,18H,4-10H2,1-3H3,(H,19,21);2*1H. The van der Waals surface area contributed by atoms with Crippen LogP contribution in [0, 0.1) is 11.8 Å². The summed E-state index contributed by atoms with van der Waals surface area (Å²) in [7, 11) is 0. The van der Waals surface area contributed by atoms with E-state index in [4.69, 9.17) is 0 Å². The monoisotopic (exact) mass is 395 g/mol. The topological polar surface area (TPSA) is 54.0 Å². The second-order valence-corrected chi connectivity index (χ2v) is 7.61. The van der Waals surface area contributed by atoms with Crippen molar-refractivity contribution in [2.75, 3.05) is 19.6 Å². The molecule has 2 atom stereocenters. The zero-order chi connectivity index (χ0) is 15.9. The van der Waals surface area contributed by atoms with E-state index >= 15 is 0 Å². The van der Waals surface area contributed by atoms with Crippen LogP contribution in [0.5, 0.6) is 0 Å². The number of hydrogen-bond acceptors (Lipinski definition) is 4. The van der Waals surface area contributed by atoms with Crippen molar-refractivity contribution in [1.29, 1.82) is 0 Å². The number of aromatic nitrogens is 1. The highest BCUT2D eigenvalue weighted by Crippen LogP contribution is 2.22. The molecule has 7 heteroatoms. The third-order valence-corrected chi connectivity index (χ3v) is 5.61. The fourth-order valence-electron chi connectivity index (χ4n) is 2.93. The zero-order valence-electron chi connectivity index (χ0n) is 14.8. The van der Waals surface area contributed by atoms with E-state index in [1.165, 1.54) is 17.8 Å². The molecule has 0 aliphatic carbocycles. The SMILES string of the molecule is CC(C)c1nc(CCNC(=O)CC(C)C2CCCNC2)cs1.Cl.Cl. The average Bonchev–Trinajstić information content (AvgIpc) is 2.97. The number of halogens is 2. The van der Waals surface area contributed by atoms with Crippen LogP contribution in [-0.2, 0) is 11.2 Å². The van der Waals surface area contributed by atoms with Gasteiger partial charge in [-0.1, -0.05) is 20.8 Å². The average molecular weight is 396 g/mol. The Hall–Kier alpha value is -0.360. The Bertz CT molecular complexity index is 476. The van der Waals surface area contributed by atoms with Gasteiger partial charge in [-0.25, -0.2) is 4.98 Å². The number of amides is 1. The third-order valence-electron chi connectivity index (χ3n) is 4.41. The molecule has 1 aromatic rings. The van der Waals surface area contributed by atoms with Crippen molar-refractivity contribution in [3.05, 3.63) is 16.1 Å². The van der Waals surface area contributed by atoms with E-state index in [1.54, 1.807) is 11.3 Å². The molecule has 2 heterocycles. The smallest absolute Gasteiger partial charge is 0.220 e. The molecule has 1 fully saturated rings. The molecule has 2 N–H and O–H groups in total. The van der Waals surface area contributed by atoms with E-state index in [0.29, 0.717) is 30.7 Å². The van der Waals surface area contributed by atoms with Crippen molar-refractivity contribution in [1.82, 2.24) is 15.6 Å². The van der Waals surface area contributed by atoms with Crippen LogP contribution in [0.15, 0.2) is 5.38 Å². The molecular formula is C17H31Cl2N3OS. The van der Waals surface area contributed by atoms with Gasteiger partial charge in [0.1, 0.15) is 0 Å². The number of nitrogens with one attached hydrogen (secondary N) is 2. The number of carbonyl (C=O) groups excluding carboxylic acids is 1. The maximum atomic E-state index is 12.1. The number of thiazole rings is 1. The van der Waals surface area contributed by atoms with Crippen molar-refractivity contribution in [2.24, 2.45) is 11.8 Å². The molecule has 140 valence electrons. The maximum Gasteiger partial charge on any atom is 0.220 e. The van der Waals surface area contributed by atoms with Crippen LogP contribution in [0.25, 0.3) is 0 Å². The Morgan fingerprint density at radius 3 is 2.75 bits per heavy atom. The molecule has 1 aromatic heterocycles. The lowest BCUT2D eigenvalue weighted by atomic mass is 9.85. The molecule has 0 bridgehead atoms. The molecule has 2 unspecified atom stereocenters. The summed E-state index contributed by atoms with van der Waals surface area (Å²) < 4.78 is 0. The van der Waals surface area contributed by atoms with E-state index < -0.39 is 0 Å². The van der Waals surface area contributed by atoms with Gasteiger partial charge in [0, 0.05) is 30.7 Å². The van der Waals surface area contributed by atoms with Crippen LogP contribution in [0.4, 0.5) is 0 Å². The lowest BCUT2D eigenvalue weighted by Gasteiger charge is -2.28. The summed E-state index contributed by atoms with van der Waals surface area (Å²) in [5, 5.41) is 9.76. The fraction of sp³-hybridized carbons (Fsp3) is 0.765. The predicted molar refractivity (Wildman–Crippen MR) is 107 cm³/mol. The summed E-state index contributed by atoms with van der Waals surface area (Å²) in [5.41, 5.74) is 1.10.